The highest BCUT2D eigenvalue weighted by atomic mass is 32.1. The predicted octanol–water partition coefficient (Wildman–Crippen LogP) is 2.57. The van der Waals surface area contributed by atoms with E-state index in [4.69, 9.17) is 5.73 Å². The molecule has 2 N–H and O–H groups in total. The number of benzene rings is 1. The lowest BCUT2D eigenvalue weighted by molar-refractivity contribution is 0.675. The van der Waals surface area contributed by atoms with Crippen LogP contribution in [-0.2, 0) is 6.54 Å². The van der Waals surface area contributed by atoms with Crippen molar-refractivity contribution in [2.45, 2.75) is 19.9 Å². The summed E-state index contributed by atoms with van der Waals surface area (Å²) in [5.41, 5.74) is 8.41. The minimum absolute atomic E-state index is 0.105. The van der Waals surface area contributed by atoms with Gasteiger partial charge in [0, 0.05) is 17.6 Å². The second-order valence-corrected chi connectivity index (χ2v) is 4.48. The maximum Gasteiger partial charge on any atom is 0.307 e. The lowest BCUT2D eigenvalue weighted by Crippen LogP contribution is -2.13. The van der Waals surface area contributed by atoms with Gasteiger partial charge in [0.15, 0.2) is 0 Å². The zero-order valence-corrected chi connectivity index (χ0v) is 9.96. The van der Waals surface area contributed by atoms with E-state index < -0.39 is 0 Å². The van der Waals surface area contributed by atoms with Crippen LogP contribution in [0.4, 0.5) is 5.69 Å². The summed E-state index contributed by atoms with van der Waals surface area (Å²) in [6.07, 6.45) is 0.957. The van der Waals surface area contributed by atoms with Crippen molar-refractivity contribution >= 4 is 17.0 Å². The van der Waals surface area contributed by atoms with E-state index in [0.29, 0.717) is 0 Å². The van der Waals surface area contributed by atoms with Gasteiger partial charge in [-0.15, -0.1) is 0 Å². The average molecular weight is 234 g/mol. The number of nitrogens with two attached hydrogens (primary N) is 1. The van der Waals surface area contributed by atoms with Crippen LogP contribution in [0.25, 0.3) is 11.3 Å². The lowest BCUT2D eigenvalue weighted by atomic mass is 10.1. The Balaban J connectivity index is 2.47. The van der Waals surface area contributed by atoms with E-state index in [1.165, 1.54) is 11.3 Å². The number of hydrogen-bond donors (Lipinski definition) is 1. The lowest BCUT2D eigenvalue weighted by Gasteiger charge is -2.06. The molecule has 0 aliphatic rings. The number of hydrogen-bond acceptors (Lipinski definition) is 3. The number of nitrogens with zero attached hydrogens (tertiary/aromatic N) is 1. The standard InChI is InChI=1S/C12H14N2OS/c1-2-7-14-11(8-16-12(14)15)9-3-5-10(13)6-4-9/h3-6,8H,2,7,13H2,1H3. The third-order valence-corrected chi connectivity index (χ3v) is 3.20. The molecule has 0 fully saturated rings. The number of anilines is 1. The average Bonchev–Trinajstić information content (AvgIpc) is 2.63. The first-order valence-electron chi connectivity index (χ1n) is 5.26. The third-order valence-electron chi connectivity index (χ3n) is 2.44. The van der Waals surface area contributed by atoms with E-state index in [0.717, 1.165) is 29.9 Å². The van der Waals surface area contributed by atoms with Crippen molar-refractivity contribution in [3.8, 4) is 11.3 Å². The summed E-state index contributed by atoms with van der Waals surface area (Å²) in [4.78, 5) is 11.7. The molecule has 2 rings (SSSR count). The summed E-state index contributed by atoms with van der Waals surface area (Å²) >= 11 is 1.25. The summed E-state index contributed by atoms with van der Waals surface area (Å²) in [7, 11) is 0. The summed E-state index contributed by atoms with van der Waals surface area (Å²) in [5.74, 6) is 0. The zero-order chi connectivity index (χ0) is 11.5. The van der Waals surface area contributed by atoms with Crippen molar-refractivity contribution in [1.29, 1.82) is 0 Å². The quantitative estimate of drug-likeness (QED) is 0.830. The Kier molecular flexibility index (Phi) is 3.10. The van der Waals surface area contributed by atoms with Gasteiger partial charge in [-0.3, -0.25) is 9.36 Å². The van der Waals surface area contributed by atoms with Crippen LogP contribution >= 0.6 is 11.3 Å². The van der Waals surface area contributed by atoms with Gasteiger partial charge in [0.2, 0.25) is 0 Å². The molecule has 1 aromatic carbocycles. The highest BCUT2D eigenvalue weighted by molar-refractivity contribution is 7.07. The van der Waals surface area contributed by atoms with Gasteiger partial charge < -0.3 is 5.73 Å². The third kappa shape index (κ3) is 2.02. The predicted molar refractivity (Wildman–Crippen MR) is 68.7 cm³/mol. The molecule has 0 bridgehead atoms. The fourth-order valence-electron chi connectivity index (χ4n) is 1.64. The molecule has 0 amide bonds. The first kappa shape index (κ1) is 11.0. The Morgan fingerprint density at radius 3 is 2.62 bits per heavy atom. The second kappa shape index (κ2) is 4.53. The van der Waals surface area contributed by atoms with Crippen molar-refractivity contribution < 1.29 is 0 Å². The smallest absolute Gasteiger partial charge is 0.307 e. The molecule has 4 heteroatoms. The van der Waals surface area contributed by atoms with Crippen LogP contribution in [0.2, 0.25) is 0 Å². The van der Waals surface area contributed by atoms with E-state index in [-0.39, 0.29) is 4.87 Å². The van der Waals surface area contributed by atoms with Gasteiger partial charge in [-0.25, -0.2) is 0 Å². The number of rotatable bonds is 3. The van der Waals surface area contributed by atoms with Crippen molar-refractivity contribution in [2.75, 3.05) is 5.73 Å². The maximum atomic E-state index is 11.6. The minimum Gasteiger partial charge on any atom is -0.399 e. The first-order valence-corrected chi connectivity index (χ1v) is 6.14. The molecule has 1 heterocycles. The molecular weight excluding hydrogens is 220 g/mol. The summed E-state index contributed by atoms with van der Waals surface area (Å²) < 4.78 is 1.82. The Morgan fingerprint density at radius 1 is 1.31 bits per heavy atom. The van der Waals surface area contributed by atoms with Gasteiger partial charge in [0.1, 0.15) is 0 Å². The van der Waals surface area contributed by atoms with Gasteiger partial charge >= 0.3 is 4.87 Å². The molecule has 84 valence electrons. The topological polar surface area (TPSA) is 48.0 Å². The van der Waals surface area contributed by atoms with Crippen molar-refractivity contribution in [3.63, 3.8) is 0 Å². The van der Waals surface area contributed by atoms with Crippen LogP contribution in [0, 0.1) is 0 Å². The fraction of sp³-hybridized carbons (Fsp3) is 0.250. The molecule has 0 saturated heterocycles. The molecule has 0 aliphatic heterocycles. The summed E-state index contributed by atoms with van der Waals surface area (Å²) in [6, 6.07) is 7.60. The maximum absolute atomic E-state index is 11.6. The zero-order valence-electron chi connectivity index (χ0n) is 9.14. The normalized spacial score (nSPS) is 10.6. The summed E-state index contributed by atoms with van der Waals surface area (Å²) in [5, 5.41) is 1.91. The first-order chi connectivity index (χ1) is 7.72. The molecule has 0 atom stereocenters. The van der Waals surface area contributed by atoms with E-state index in [9.17, 15) is 4.79 Å². The highest BCUT2D eigenvalue weighted by Gasteiger charge is 2.07. The Bertz CT molecular complexity index is 525. The molecule has 0 unspecified atom stereocenters. The minimum atomic E-state index is 0.105. The van der Waals surface area contributed by atoms with Crippen molar-refractivity contribution in [2.24, 2.45) is 0 Å². The van der Waals surface area contributed by atoms with Gasteiger partial charge in [0.05, 0.1) is 5.69 Å². The van der Waals surface area contributed by atoms with Gasteiger partial charge in [-0.2, -0.15) is 0 Å². The van der Waals surface area contributed by atoms with Gasteiger partial charge in [0.25, 0.3) is 0 Å². The Hall–Kier alpha value is -1.55. The Labute approximate surface area is 98.2 Å². The monoisotopic (exact) mass is 234 g/mol. The van der Waals surface area contributed by atoms with E-state index in [1.54, 1.807) is 0 Å². The number of thiazole rings is 1. The van der Waals surface area contributed by atoms with Crippen LogP contribution in [-0.4, -0.2) is 4.57 Å². The highest BCUT2D eigenvalue weighted by Crippen LogP contribution is 2.21. The van der Waals surface area contributed by atoms with Crippen LogP contribution in [0.1, 0.15) is 13.3 Å². The van der Waals surface area contributed by atoms with Crippen LogP contribution in [0.3, 0.4) is 0 Å². The molecule has 2 aromatic rings. The second-order valence-electron chi connectivity index (χ2n) is 3.66. The van der Waals surface area contributed by atoms with Crippen LogP contribution in [0.15, 0.2) is 34.4 Å². The van der Waals surface area contributed by atoms with Crippen molar-refractivity contribution in [3.05, 3.63) is 39.3 Å². The van der Waals surface area contributed by atoms with E-state index >= 15 is 0 Å². The van der Waals surface area contributed by atoms with E-state index in [2.05, 4.69) is 6.92 Å². The number of aromatic nitrogens is 1. The van der Waals surface area contributed by atoms with E-state index in [1.807, 2.05) is 34.2 Å². The molecule has 0 spiro atoms. The molecule has 3 nitrogen and oxygen atoms in total. The largest absolute Gasteiger partial charge is 0.399 e. The fourth-order valence-corrected chi connectivity index (χ4v) is 2.44. The number of nitrogen functional groups attached to an aromatic ring is 1. The van der Waals surface area contributed by atoms with Gasteiger partial charge in [-0.05, 0) is 24.1 Å². The summed E-state index contributed by atoms with van der Waals surface area (Å²) in [6.45, 7) is 2.83. The SMILES string of the molecule is CCCn1c(-c2ccc(N)cc2)csc1=O. The van der Waals surface area contributed by atoms with Gasteiger partial charge in [-0.1, -0.05) is 30.4 Å². The molecule has 1 aromatic heterocycles. The van der Waals surface area contributed by atoms with Crippen LogP contribution in [0.5, 0.6) is 0 Å². The molecule has 0 saturated carbocycles. The van der Waals surface area contributed by atoms with Crippen LogP contribution < -0.4 is 10.6 Å². The molecule has 16 heavy (non-hydrogen) atoms. The molecular formula is C12H14N2OS. The Morgan fingerprint density at radius 2 is 2.00 bits per heavy atom. The molecule has 0 radical (unpaired) electrons. The van der Waals surface area contributed by atoms with Crippen molar-refractivity contribution in [1.82, 2.24) is 4.57 Å². The molecule has 0 aliphatic carbocycles.